The van der Waals surface area contributed by atoms with Crippen LogP contribution in [0.4, 0.5) is 0 Å². The summed E-state index contributed by atoms with van der Waals surface area (Å²) in [6.45, 7) is 7.56. The quantitative estimate of drug-likeness (QED) is 0.844. The number of amides is 1. The van der Waals surface area contributed by atoms with Gasteiger partial charge in [0.2, 0.25) is 0 Å². The molecule has 0 fully saturated rings. The zero-order chi connectivity index (χ0) is 19.4. The maximum Gasteiger partial charge on any atom is 0.272 e. The van der Waals surface area contributed by atoms with Crippen LogP contribution >= 0.6 is 0 Å². The van der Waals surface area contributed by atoms with Crippen molar-refractivity contribution in [1.29, 1.82) is 0 Å². The van der Waals surface area contributed by atoms with Gasteiger partial charge in [-0.15, -0.1) is 0 Å². The molecular weight excluding hydrogens is 346 g/mol. The number of benzene rings is 1. The lowest BCUT2D eigenvalue weighted by Gasteiger charge is -2.25. The van der Waals surface area contributed by atoms with Crippen molar-refractivity contribution >= 4 is 5.91 Å². The maximum atomic E-state index is 12.7. The lowest BCUT2D eigenvalue weighted by Crippen LogP contribution is -2.34. The van der Waals surface area contributed by atoms with Gasteiger partial charge in [-0.25, -0.2) is 4.68 Å². The van der Waals surface area contributed by atoms with Crippen molar-refractivity contribution in [3.8, 4) is 11.5 Å². The summed E-state index contributed by atoms with van der Waals surface area (Å²) in [5, 5.41) is 7.22. The number of hydrogen-bond acceptors (Lipinski definition) is 5. The topological polar surface area (TPSA) is 82.5 Å². The third-order valence-electron chi connectivity index (χ3n) is 4.41. The summed E-state index contributed by atoms with van der Waals surface area (Å²) in [5.74, 6) is 1.24. The second-order valence-electron chi connectivity index (χ2n) is 6.88. The summed E-state index contributed by atoms with van der Waals surface area (Å²) < 4.78 is 12.5. The summed E-state index contributed by atoms with van der Waals surface area (Å²) in [5.41, 5.74) is 0.955. The Bertz CT molecular complexity index is 876. The highest BCUT2D eigenvalue weighted by Gasteiger charge is 2.22. The molecule has 1 amide bonds. The smallest absolute Gasteiger partial charge is 0.272 e. The number of carbonyl (C=O) groups excluding carboxylic acids is 1. The SMILES string of the molecule is CCCn1nc(C(=O)NC(c2ccc3c(c2)OCCO3)C(C)C)ccc1=O. The van der Waals surface area contributed by atoms with Crippen molar-refractivity contribution in [3.05, 3.63) is 51.9 Å². The zero-order valence-electron chi connectivity index (χ0n) is 15.9. The van der Waals surface area contributed by atoms with Crippen LogP contribution in [0.1, 0.15) is 49.3 Å². The fourth-order valence-electron chi connectivity index (χ4n) is 3.05. The zero-order valence-corrected chi connectivity index (χ0v) is 15.9. The number of nitrogens with one attached hydrogen (secondary N) is 1. The van der Waals surface area contributed by atoms with E-state index in [2.05, 4.69) is 10.4 Å². The van der Waals surface area contributed by atoms with E-state index in [0.717, 1.165) is 12.0 Å². The highest BCUT2D eigenvalue weighted by molar-refractivity contribution is 5.92. The second kappa shape index (κ2) is 8.24. The molecule has 1 aromatic heterocycles. The predicted molar refractivity (Wildman–Crippen MR) is 101 cm³/mol. The van der Waals surface area contributed by atoms with Crippen LogP contribution in [0.3, 0.4) is 0 Å². The Labute approximate surface area is 158 Å². The van der Waals surface area contributed by atoms with Gasteiger partial charge in [-0.05, 0) is 36.1 Å². The van der Waals surface area contributed by atoms with E-state index < -0.39 is 0 Å². The molecule has 1 aliphatic heterocycles. The van der Waals surface area contributed by atoms with E-state index in [9.17, 15) is 9.59 Å². The molecule has 0 aliphatic carbocycles. The first kappa shape index (κ1) is 18.9. The summed E-state index contributed by atoms with van der Waals surface area (Å²) in [6, 6.07) is 8.33. The van der Waals surface area contributed by atoms with E-state index in [1.54, 1.807) is 0 Å². The normalized spacial score (nSPS) is 14.1. The van der Waals surface area contributed by atoms with Gasteiger partial charge < -0.3 is 14.8 Å². The molecule has 0 spiro atoms. The minimum Gasteiger partial charge on any atom is -0.486 e. The Balaban J connectivity index is 1.83. The highest BCUT2D eigenvalue weighted by atomic mass is 16.6. The molecule has 1 atom stereocenters. The molecule has 0 bridgehead atoms. The van der Waals surface area contributed by atoms with Crippen LogP contribution in [0.5, 0.6) is 11.5 Å². The molecule has 27 heavy (non-hydrogen) atoms. The average Bonchev–Trinajstić information content (AvgIpc) is 2.67. The predicted octanol–water partition coefficient (Wildman–Crippen LogP) is 2.55. The van der Waals surface area contributed by atoms with Crippen molar-refractivity contribution in [2.45, 2.75) is 39.8 Å². The van der Waals surface area contributed by atoms with E-state index in [-0.39, 0.29) is 29.1 Å². The number of nitrogens with zero attached hydrogens (tertiary/aromatic N) is 2. The monoisotopic (exact) mass is 371 g/mol. The largest absolute Gasteiger partial charge is 0.486 e. The first-order valence-electron chi connectivity index (χ1n) is 9.28. The highest BCUT2D eigenvalue weighted by Crippen LogP contribution is 2.34. The van der Waals surface area contributed by atoms with Crippen molar-refractivity contribution in [1.82, 2.24) is 15.1 Å². The fourth-order valence-corrected chi connectivity index (χ4v) is 3.05. The summed E-state index contributed by atoms with van der Waals surface area (Å²) >= 11 is 0. The number of fused-ring (bicyclic) bond motifs is 1. The van der Waals surface area contributed by atoms with Gasteiger partial charge in [0.1, 0.15) is 18.9 Å². The van der Waals surface area contributed by atoms with Crippen LogP contribution in [-0.4, -0.2) is 28.9 Å². The van der Waals surface area contributed by atoms with Crippen molar-refractivity contribution in [3.63, 3.8) is 0 Å². The van der Waals surface area contributed by atoms with Gasteiger partial charge in [-0.3, -0.25) is 9.59 Å². The molecule has 1 aliphatic rings. The molecule has 2 aromatic rings. The van der Waals surface area contributed by atoms with Crippen molar-refractivity contribution in [2.24, 2.45) is 5.92 Å². The van der Waals surface area contributed by atoms with Crippen LogP contribution in [0.15, 0.2) is 35.1 Å². The van der Waals surface area contributed by atoms with Gasteiger partial charge >= 0.3 is 0 Å². The lowest BCUT2D eigenvalue weighted by molar-refractivity contribution is 0.0917. The van der Waals surface area contributed by atoms with Gasteiger partial charge in [0, 0.05) is 12.6 Å². The molecule has 7 heteroatoms. The van der Waals surface area contributed by atoms with Crippen molar-refractivity contribution in [2.75, 3.05) is 13.2 Å². The second-order valence-corrected chi connectivity index (χ2v) is 6.88. The van der Waals surface area contributed by atoms with E-state index >= 15 is 0 Å². The van der Waals surface area contributed by atoms with E-state index in [1.807, 2.05) is 39.0 Å². The number of ether oxygens (including phenoxy) is 2. The van der Waals surface area contributed by atoms with E-state index in [4.69, 9.17) is 9.47 Å². The minimum absolute atomic E-state index is 0.151. The van der Waals surface area contributed by atoms with Crippen LogP contribution < -0.4 is 20.3 Å². The number of carbonyl (C=O) groups is 1. The number of aryl methyl sites for hydroxylation is 1. The Morgan fingerprint density at radius 1 is 1.19 bits per heavy atom. The van der Waals surface area contributed by atoms with Gasteiger partial charge in [0.05, 0.1) is 6.04 Å². The van der Waals surface area contributed by atoms with Gasteiger partial charge in [-0.1, -0.05) is 26.8 Å². The van der Waals surface area contributed by atoms with Gasteiger partial charge in [-0.2, -0.15) is 5.10 Å². The molecular formula is C20H25N3O4. The Hall–Kier alpha value is -2.83. The molecule has 0 radical (unpaired) electrons. The Kier molecular flexibility index (Phi) is 5.78. The van der Waals surface area contributed by atoms with Gasteiger partial charge in [0.15, 0.2) is 11.5 Å². The molecule has 3 rings (SSSR count). The Morgan fingerprint density at radius 2 is 1.93 bits per heavy atom. The minimum atomic E-state index is -0.312. The standard InChI is InChI=1S/C20H25N3O4/c1-4-9-23-18(24)8-6-15(22-23)20(25)21-19(13(2)3)14-5-7-16-17(12-14)27-11-10-26-16/h5-8,12-13,19H,4,9-11H2,1-3H3,(H,21,25). The summed E-state index contributed by atoms with van der Waals surface area (Å²) in [4.78, 5) is 24.6. The number of rotatable bonds is 6. The molecule has 0 saturated heterocycles. The molecule has 144 valence electrons. The summed E-state index contributed by atoms with van der Waals surface area (Å²) in [7, 11) is 0. The van der Waals surface area contributed by atoms with Crippen LogP contribution in [0, 0.1) is 5.92 Å². The molecule has 1 unspecified atom stereocenters. The van der Waals surface area contributed by atoms with Gasteiger partial charge in [0.25, 0.3) is 11.5 Å². The third-order valence-corrected chi connectivity index (χ3v) is 4.41. The Morgan fingerprint density at radius 3 is 2.63 bits per heavy atom. The third kappa shape index (κ3) is 4.30. The molecule has 2 heterocycles. The van der Waals surface area contributed by atoms with Crippen molar-refractivity contribution < 1.29 is 14.3 Å². The van der Waals surface area contributed by atoms with Crippen LogP contribution in [-0.2, 0) is 6.54 Å². The maximum absolute atomic E-state index is 12.7. The lowest BCUT2D eigenvalue weighted by atomic mass is 9.95. The fraction of sp³-hybridized carbons (Fsp3) is 0.450. The number of aromatic nitrogens is 2. The molecule has 1 N–H and O–H groups in total. The molecule has 7 nitrogen and oxygen atoms in total. The molecule has 0 saturated carbocycles. The molecule has 1 aromatic carbocycles. The first-order valence-corrected chi connectivity index (χ1v) is 9.28. The van der Waals surface area contributed by atoms with E-state index in [0.29, 0.717) is 31.3 Å². The number of hydrogen-bond donors (Lipinski definition) is 1. The summed E-state index contributed by atoms with van der Waals surface area (Å²) in [6.07, 6.45) is 0.768. The van der Waals surface area contributed by atoms with Crippen LogP contribution in [0.2, 0.25) is 0 Å². The average molecular weight is 371 g/mol. The van der Waals surface area contributed by atoms with E-state index in [1.165, 1.54) is 16.8 Å². The first-order chi connectivity index (χ1) is 13.0. The van der Waals surface area contributed by atoms with Crippen LogP contribution in [0.25, 0.3) is 0 Å².